The highest BCUT2D eigenvalue weighted by Crippen LogP contribution is 1.98. The van der Waals surface area contributed by atoms with E-state index in [1.807, 2.05) is 0 Å². The van der Waals surface area contributed by atoms with Crippen molar-refractivity contribution >= 4 is 5.97 Å². The fourth-order valence-corrected chi connectivity index (χ4v) is 0.909. The summed E-state index contributed by atoms with van der Waals surface area (Å²) >= 11 is 0. The molecule has 1 rings (SSSR count). The Morgan fingerprint density at radius 3 is 2.77 bits per heavy atom. The van der Waals surface area contributed by atoms with Gasteiger partial charge in [0.25, 0.3) is 5.56 Å². The van der Waals surface area contributed by atoms with Gasteiger partial charge in [0, 0.05) is 13.2 Å². The summed E-state index contributed by atoms with van der Waals surface area (Å²) in [7, 11) is 1.40. The van der Waals surface area contributed by atoms with Crippen molar-refractivity contribution < 1.29 is 9.90 Å². The minimum absolute atomic E-state index is 0.0707. The van der Waals surface area contributed by atoms with Crippen molar-refractivity contribution in [1.29, 1.82) is 5.26 Å². The minimum Gasteiger partial charge on any atom is -0.478 e. The molecule has 0 saturated heterocycles. The molecule has 0 aliphatic heterocycles. The molecule has 5 nitrogen and oxygen atoms in total. The van der Waals surface area contributed by atoms with E-state index in [0.717, 1.165) is 10.6 Å². The summed E-state index contributed by atoms with van der Waals surface area (Å²) in [4.78, 5) is 21.6. The van der Waals surface area contributed by atoms with Crippen molar-refractivity contribution in [3.63, 3.8) is 0 Å². The second-order valence-electron chi connectivity index (χ2n) is 2.48. The summed E-state index contributed by atoms with van der Waals surface area (Å²) < 4.78 is 1.07. The number of carboxylic acids is 1. The molecule has 0 unspecified atom stereocenters. The van der Waals surface area contributed by atoms with Crippen LogP contribution in [0.2, 0.25) is 0 Å². The monoisotopic (exact) mass is 178 g/mol. The lowest BCUT2D eigenvalue weighted by Crippen LogP contribution is -2.20. The van der Waals surface area contributed by atoms with E-state index in [9.17, 15) is 9.59 Å². The Kier molecular flexibility index (Phi) is 2.15. The van der Waals surface area contributed by atoms with Crippen molar-refractivity contribution in [2.75, 3.05) is 0 Å². The van der Waals surface area contributed by atoms with Crippen LogP contribution in [0.25, 0.3) is 0 Å². The van der Waals surface area contributed by atoms with Crippen LogP contribution < -0.4 is 5.56 Å². The number of hydrogen-bond donors (Lipinski definition) is 1. The van der Waals surface area contributed by atoms with E-state index in [4.69, 9.17) is 10.4 Å². The third-order valence-electron chi connectivity index (χ3n) is 1.55. The molecule has 0 amide bonds. The van der Waals surface area contributed by atoms with Crippen molar-refractivity contribution in [2.24, 2.45) is 7.05 Å². The number of carboxylic acid groups (broad SMARTS) is 1. The molecule has 0 aliphatic carbocycles. The Hall–Kier alpha value is -2.09. The Labute approximate surface area is 73.5 Å². The fraction of sp³-hybridized carbons (Fsp3) is 0.125. The van der Waals surface area contributed by atoms with E-state index in [1.54, 1.807) is 6.07 Å². The number of aromatic nitrogens is 1. The standard InChI is InChI=1S/C8H6N2O3/c1-10-4-6(8(12)13)2-5(3-9)7(10)11/h2,4H,1H3,(H,12,13). The van der Waals surface area contributed by atoms with Gasteiger partial charge in [-0.2, -0.15) is 5.26 Å². The molecule has 66 valence electrons. The van der Waals surface area contributed by atoms with Gasteiger partial charge in [0.2, 0.25) is 0 Å². The lowest BCUT2D eigenvalue weighted by molar-refractivity contribution is 0.0696. The summed E-state index contributed by atoms with van der Waals surface area (Å²) in [5.74, 6) is -1.16. The first kappa shape index (κ1) is 9.00. The van der Waals surface area contributed by atoms with Crippen LogP contribution >= 0.6 is 0 Å². The van der Waals surface area contributed by atoms with Gasteiger partial charge in [-0.15, -0.1) is 0 Å². The Balaban J connectivity index is 3.50. The molecule has 1 N–H and O–H groups in total. The fourth-order valence-electron chi connectivity index (χ4n) is 0.909. The van der Waals surface area contributed by atoms with Crippen molar-refractivity contribution in [3.05, 3.63) is 33.7 Å². The number of carbonyl (C=O) groups is 1. The van der Waals surface area contributed by atoms with E-state index in [2.05, 4.69) is 0 Å². The molecular formula is C8H6N2O3. The first-order valence-electron chi connectivity index (χ1n) is 3.40. The van der Waals surface area contributed by atoms with Crippen molar-refractivity contribution in [3.8, 4) is 6.07 Å². The third kappa shape index (κ3) is 1.56. The van der Waals surface area contributed by atoms with Gasteiger partial charge in [0.15, 0.2) is 0 Å². The second kappa shape index (κ2) is 3.11. The highest BCUT2D eigenvalue weighted by atomic mass is 16.4. The molecule has 1 aromatic heterocycles. The van der Waals surface area contributed by atoms with E-state index < -0.39 is 11.5 Å². The third-order valence-corrected chi connectivity index (χ3v) is 1.55. The molecular weight excluding hydrogens is 172 g/mol. The molecule has 0 fully saturated rings. The van der Waals surface area contributed by atoms with Gasteiger partial charge in [0.05, 0.1) is 5.56 Å². The van der Waals surface area contributed by atoms with Gasteiger partial charge < -0.3 is 9.67 Å². The van der Waals surface area contributed by atoms with Crippen molar-refractivity contribution in [2.45, 2.75) is 0 Å². The number of pyridine rings is 1. The largest absolute Gasteiger partial charge is 0.478 e. The van der Waals surface area contributed by atoms with Crippen LogP contribution in [0, 0.1) is 11.3 Å². The molecule has 5 heteroatoms. The van der Waals surface area contributed by atoms with Crippen LogP contribution in [-0.2, 0) is 7.05 Å². The van der Waals surface area contributed by atoms with Crippen LogP contribution in [0.15, 0.2) is 17.1 Å². The quantitative estimate of drug-likeness (QED) is 0.653. The van der Waals surface area contributed by atoms with Crippen LogP contribution in [-0.4, -0.2) is 15.6 Å². The van der Waals surface area contributed by atoms with Gasteiger partial charge in [-0.1, -0.05) is 0 Å². The average molecular weight is 178 g/mol. The number of nitrogens with zero attached hydrogens (tertiary/aromatic N) is 2. The predicted octanol–water partition coefficient (Wildman–Crippen LogP) is -0.0448. The lowest BCUT2D eigenvalue weighted by atomic mass is 10.2. The second-order valence-corrected chi connectivity index (χ2v) is 2.48. The predicted molar refractivity (Wildman–Crippen MR) is 43.4 cm³/mol. The molecule has 1 heterocycles. The lowest BCUT2D eigenvalue weighted by Gasteiger charge is -1.99. The zero-order chi connectivity index (χ0) is 10.0. The number of nitriles is 1. The van der Waals surface area contributed by atoms with Crippen LogP contribution in [0.5, 0.6) is 0 Å². The SMILES string of the molecule is Cn1cc(C(=O)O)cc(C#N)c1=O. The van der Waals surface area contributed by atoms with Crippen LogP contribution in [0.4, 0.5) is 0 Å². The number of rotatable bonds is 1. The summed E-state index contributed by atoms with van der Waals surface area (Å²) in [5.41, 5.74) is -0.728. The molecule has 0 saturated carbocycles. The molecule has 0 aliphatic rings. The first-order valence-corrected chi connectivity index (χ1v) is 3.40. The Morgan fingerprint density at radius 1 is 1.69 bits per heavy atom. The maximum Gasteiger partial charge on any atom is 0.337 e. The van der Waals surface area contributed by atoms with E-state index in [1.165, 1.54) is 13.2 Å². The number of hydrogen-bond acceptors (Lipinski definition) is 3. The van der Waals surface area contributed by atoms with Gasteiger partial charge >= 0.3 is 5.97 Å². The van der Waals surface area contributed by atoms with Crippen LogP contribution in [0.3, 0.4) is 0 Å². The Morgan fingerprint density at radius 2 is 2.31 bits per heavy atom. The highest BCUT2D eigenvalue weighted by molar-refractivity contribution is 5.87. The topological polar surface area (TPSA) is 83.1 Å². The maximum atomic E-state index is 11.1. The Bertz CT molecular complexity index is 453. The number of aryl methyl sites for hydroxylation is 1. The van der Waals surface area contributed by atoms with E-state index in [-0.39, 0.29) is 11.1 Å². The average Bonchev–Trinajstić information content (AvgIpc) is 2.09. The molecule has 0 aromatic carbocycles. The molecule has 1 aromatic rings. The summed E-state index contributed by atoms with van der Waals surface area (Å²) in [5, 5.41) is 17.1. The van der Waals surface area contributed by atoms with E-state index >= 15 is 0 Å². The smallest absolute Gasteiger partial charge is 0.337 e. The van der Waals surface area contributed by atoms with Gasteiger partial charge in [0.1, 0.15) is 11.6 Å². The van der Waals surface area contributed by atoms with Gasteiger partial charge in [-0.25, -0.2) is 4.79 Å². The molecule has 0 bridgehead atoms. The highest BCUT2D eigenvalue weighted by Gasteiger charge is 2.08. The van der Waals surface area contributed by atoms with Gasteiger partial charge in [-0.3, -0.25) is 4.79 Å². The van der Waals surface area contributed by atoms with Gasteiger partial charge in [-0.05, 0) is 6.07 Å². The summed E-state index contributed by atoms with van der Waals surface area (Å²) in [6.07, 6.45) is 1.17. The first-order chi connectivity index (χ1) is 6.06. The minimum atomic E-state index is -1.16. The summed E-state index contributed by atoms with van der Waals surface area (Å²) in [6, 6.07) is 2.69. The van der Waals surface area contributed by atoms with Crippen LogP contribution in [0.1, 0.15) is 15.9 Å². The summed E-state index contributed by atoms with van der Waals surface area (Å²) in [6.45, 7) is 0. The zero-order valence-corrected chi connectivity index (χ0v) is 6.81. The normalized spacial score (nSPS) is 9.23. The molecule has 13 heavy (non-hydrogen) atoms. The maximum absolute atomic E-state index is 11.1. The molecule has 0 radical (unpaired) electrons. The van der Waals surface area contributed by atoms with E-state index in [0.29, 0.717) is 0 Å². The molecule has 0 spiro atoms. The van der Waals surface area contributed by atoms with Crippen molar-refractivity contribution in [1.82, 2.24) is 4.57 Å². The zero-order valence-electron chi connectivity index (χ0n) is 6.81. The molecule has 0 atom stereocenters. The number of aromatic carboxylic acids is 1.